The number of hydrogen-bond donors (Lipinski definition) is 1. The average molecular weight is 322 g/mol. The van der Waals surface area contributed by atoms with E-state index in [1.54, 1.807) is 0 Å². The largest absolute Gasteiger partial charge is 0.377 e. The van der Waals surface area contributed by atoms with Crippen molar-refractivity contribution in [3.8, 4) is 0 Å². The molecule has 0 amide bonds. The van der Waals surface area contributed by atoms with Crippen LogP contribution < -0.4 is 5.32 Å². The van der Waals surface area contributed by atoms with Gasteiger partial charge in [0.15, 0.2) is 0 Å². The fraction of sp³-hybridized carbons (Fsp3) is 0.375. The van der Waals surface area contributed by atoms with Crippen molar-refractivity contribution < 1.29 is 4.74 Å². The van der Waals surface area contributed by atoms with Crippen LogP contribution in [0.3, 0.4) is 0 Å². The summed E-state index contributed by atoms with van der Waals surface area (Å²) in [4.78, 5) is 0. The smallest absolute Gasteiger partial charge is 0.0664 e. The summed E-state index contributed by atoms with van der Waals surface area (Å²) in [6.07, 6.45) is 0.257. The Bertz CT molecular complexity index is 553. The Balaban J connectivity index is 2.25. The maximum Gasteiger partial charge on any atom is 0.0664 e. The SMILES string of the molecule is CNC(COC(C)C)c1ccc2cc(Br)ccc2c1. The van der Waals surface area contributed by atoms with Gasteiger partial charge in [0.25, 0.3) is 0 Å². The monoisotopic (exact) mass is 321 g/mol. The van der Waals surface area contributed by atoms with Crippen LogP contribution in [0.4, 0.5) is 0 Å². The van der Waals surface area contributed by atoms with E-state index in [2.05, 4.69) is 71.5 Å². The Labute approximate surface area is 123 Å². The number of ether oxygens (including phenoxy) is 1. The second-order valence-electron chi connectivity index (χ2n) is 4.97. The highest BCUT2D eigenvalue weighted by Gasteiger charge is 2.10. The molecule has 0 aliphatic rings. The van der Waals surface area contributed by atoms with E-state index < -0.39 is 0 Å². The number of rotatable bonds is 5. The van der Waals surface area contributed by atoms with Gasteiger partial charge in [-0.3, -0.25) is 0 Å². The highest BCUT2D eigenvalue weighted by atomic mass is 79.9. The second kappa shape index (κ2) is 6.51. The zero-order valence-corrected chi connectivity index (χ0v) is 13.2. The molecule has 19 heavy (non-hydrogen) atoms. The number of hydrogen-bond acceptors (Lipinski definition) is 2. The predicted molar refractivity (Wildman–Crippen MR) is 84.5 cm³/mol. The van der Waals surface area contributed by atoms with E-state index in [1.807, 2.05) is 7.05 Å². The molecule has 1 atom stereocenters. The Morgan fingerprint density at radius 3 is 2.47 bits per heavy atom. The molecule has 2 aromatic carbocycles. The van der Waals surface area contributed by atoms with E-state index in [1.165, 1.54) is 16.3 Å². The molecule has 2 rings (SSSR count). The minimum absolute atomic E-state index is 0.232. The maximum absolute atomic E-state index is 5.71. The van der Waals surface area contributed by atoms with Crippen LogP contribution in [0.5, 0.6) is 0 Å². The van der Waals surface area contributed by atoms with Crippen molar-refractivity contribution in [1.29, 1.82) is 0 Å². The summed E-state index contributed by atoms with van der Waals surface area (Å²) in [6, 6.07) is 13.1. The van der Waals surface area contributed by atoms with Gasteiger partial charge in [-0.05, 0) is 55.4 Å². The number of halogens is 1. The minimum atomic E-state index is 0.232. The van der Waals surface area contributed by atoms with E-state index in [4.69, 9.17) is 4.74 Å². The van der Waals surface area contributed by atoms with Crippen molar-refractivity contribution >= 4 is 26.7 Å². The highest BCUT2D eigenvalue weighted by Crippen LogP contribution is 2.24. The van der Waals surface area contributed by atoms with Gasteiger partial charge in [-0.2, -0.15) is 0 Å². The van der Waals surface area contributed by atoms with Crippen LogP contribution in [0.15, 0.2) is 40.9 Å². The Morgan fingerprint density at radius 2 is 1.79 bits per heavy atom. The van der Waals surface area contributed by atoms with Crippen LogP contribution in [-0.4, -0.2) is 19.8 Å². The molecule has 0 radical (unpaired) electrons. The summed E-state index contributed by atoms with van der Waals surface area (Å²) in [6.45, 7) is 4.81. The zero-order chi connectivity index (χ0) is 13.8. The molecular weight excluding hydrogens is 302 g/mol. The van der Waals surface area contributed by atoms with Crippen molar-refractivity contribution in [3.63, 3.8) is 0 Å². The predicted octanol–water partition coefficient (Wildman–Crippen LogP) is 4.29. The lowest BCUT2D eigenvalue weighted by Gasteiger charge is -2.19. The summed E-state index contributed by atoms with van der Waals surface area (Å²) in [5.74, 6) is 0. The highest BCUT2D eigenvalue weighted by molar-refractivity contribution is 9.10. The standard InChI is InChI=1S/C16H20BrNO/c1-11(2)19-10-16(18-3)14-5-4-13-9-15(17)7-6-12(13)8-14/h4-9,11,16,18H,10H2,1-3H3. The summed E-state index contributed by atoms with van der Waals surface area (Å²) >= 11 is 3.50. The Kier molecular flexibility index (Phi) is 4.97. The van der Waals surface area contributed by atoms with Crippen molar-refractivity contribution in [3.05, 3.63) is 46.4 Å². The molecule has 0 saturated heterocycles. The van der Waals surface area contributed by atoms with Crippen LogP contribution in [0.1, 0.15) is 25.5 Å². The quantitative estimate of drug-likeness (QED) is 0.887. The van der Waals surface area contributed by atoms with Gasteiger partial charge < -0.3 is 10.1 Å². The molecule has 0 bridgehead atoms. The van der Waals surface area contributed by atoms with E-state index in [0.29, 0.717) is 6.61 Å². The average Bonchev–Trinajstić information content (AvgIpc) is 2.39. The summed E-state index contributed by atoms with van der Waals surface area (Å²) < 4.78 is 6.82. The summed E-state index contributed by atoms with van der Waals surface area (Å²) in [5, 5.41) is 5.82. The van der Waals surface area contributed by atoms with Gasteiger partial charge in [0.1, 0.15) is 0 Å². The fourth-order valence-electron chi connectivity index (χ4n) is 2.09. The van der Waals surface area contributed by atoms with Crippen molar-refractivity contribution in [2.45, 2.75) is 26.0 Å². The number of likely N-dealkylation sites (N-methyl/N-ethyl adjacent to an activating group) is 1. The lowest BCUT2D eigenvalue weighted by atomic mass is 10.0. The first-order valence-corrected chi connectivity index (χ1v) is 7.37. The molecule has 1 unspecified atom stereocenters. The van der Waals surface area contributed by atoms with Gasteiger partial charge >= 0.3 is 0 Å². The van der Waals surface area contributed by atoms with E-state index in [0.717, 1.165) is 4.47 Å². The van der Waals surface area contributed by atoms with Crippen LogP contribution in [0, 0.1) is 0 Å². The molecule has 0 aromatic heterocycles. The van der Waals surface area contributed by atoms with Crippen LogP contribution in [0.25, 0.3) is 10.8 Å². The summed E-state index contributed by atoms with van der Waals surface area (Å²) in [7, 11) is 1.97. The molecule has 0 spiro atoms. The fourth-order valence-corrected chi connectivity index (χ4v) is 2.47. The zero-order valence-electron chi connectivity index (χ0n) is 11.6. The molecule has 102 valence electrons. The number of nitrogens with one attached hydrogen (secondary N) is 1. The molecule has 0 heterocycles. The molecule has 0 saturated carbocycles. The third-order valence-electron chi connectivity index (χ3n) is 3.17. The maximum atomic E-state index is 5.71. The van der Waals surface area contributed by atoms with Gasteiger partial charge in [-0.15, -0.1) is 0 Å². The van der Waals surface area contributed by atoms with Gasteiger partial charge in [0, 0.05) is 4.47 Å². The molecule has 2 aromatic rings. The van der Waals surface area contributed by atoms with Crippen LogP contribution in [-0.2, 0) is 4.74 Å². The van der Waals surface area contributed by atoms with Gasteiger partial charge in [0.2, 0.25) is 0 Å². The Hall–Kier alpha value is -0.900. The molecule has 3 heteroatoms. The van der Waals surface area contributed by atoms with Gasteiger partial charge in [-0.25, -0.2) is 0 Å². The van der Waals surface area contributed by atoms with Crippen molar-refractivity contribution in [2.75, 3.05) is 13.7 Å². The second-order valence-corrected chi connectivity index (χ2v) is 5.89. The summed E-state index contributed by atoms with van der Waals surface area (Å²) in [5.41, 5.74) is 1.26. The Morgan fingerprint density at radius 1 is 1.11 bits per heavy atom. The number of benzene rings is 2. The minimum Gasteiger partial charge on any atom is -0.377 e. The first-order chi connectivity index (χ1) is 9.10. The number of fused-ring (bicyclic) bond motifs is 1. The van der Waals surface area contributed by atoms with Crippen LogP contribution >= 0.6 is 15.9 Å². The first kappa shape index (κ1) is 14.5. The first-order valence-electron chi connectivity index (χ1n) is 6.58. The topological polar surface area (TPSA) is 21.3 Å². The lowest BCUT2D eigenvalue weighted by molar-refractivity contribution is 0.0626. The van der Waals surface area contributed by atoms with Gasteiger partial charge in [-0.1, -0.05) is 34.1 Å². The van der Waals surface area contributed by atoms with E-state index >= 15 is 0 Å². The van der Waals surface area contributed by atoms with Crippen molar-refractivity contribution in [2.24, 2.45) is 0 Å². The molecular formula is C16H20BrNO. The van der Waals surface area contributed by atoms with E-state index in [9.17, 15) is 0 Å². The van der Waals surface area contributed by atoms with Crippen molar-refractivity contribution in [1.82, 2.24) is 5.32 Å². The van der Waals surface area contributed by atoms with E-state index in [-0.39, 0.29) is 12.1 Å². The van der Waals surface area contributed by atoms with Gasteiger partial charge in [0.05, 0.1) is 18.8 Å². The third-order valence-corrected chi connectivity index (χ3v) is 3.67. The molecule has 0 aliphatic heterocycles. The normalized spacial score (nSPS) is 13.1. The molecule has 0 fully saturated rings. The lowest BCUT2D eigenvalue weighted by Crippen LogP contribution is -2.23. The molecule has 1 N–H and O–H groups in total. The third kappa shape index (κ3) is 3.78. The molecule has 0 aliphatic carbocycles. The molecule has 2 nitrogen and oxygen atoms in total. The van der Waals surface area contributed by atoms with Crippen LogP contribution in [0.2, 0.25) is 0 Å².